The van der Waals surface area contributed by atoms with Gasteiger partial charge in [0, 0.05) is 31.2 Å². The number of allylic oxidation sites excluding steroid dienone is 1. The summed E-state index contributed by atoms with van der Waals surface area (Å²) in [6.07, 6.45) is 6.60. The van der Waals surface area contributed by atoms with Crippen LogP contribution in [0.3, 0.4) is 0 Å². The fourth-order valence-corrected chi connectivity index (χ4v) is 5.29. The lowest BCUT2D eigenvalue weighted by Gasteiger charge is -2.39. The van der Waals surface area contributed by atoms with Crippen molar-refractivity contribution in [2.75, 3.05) is 26.7 Å². The summed E-state index contributed by atoms with van der Waals surface area (Å²) < 4.78 is 11.8. The summed E-state index contributed by atoms with van der Waals surface area (Å²) in [5.74, 6) is 2.24. The van der Waals surface area contributed by atoms with Crippen LogP contribution in [-0.2, 0) is 24.2 Å². The van der Waals surface area contributed by atoms with E-state index in [0.717, 1.165) is 75.2 Å². The van der Waals surface area contributed by atoms with Crippen molar-refractivity contribution in [3.05, 3.63) is 64.2 Å². The number of carbonyl (C=O) groups excluding carboxylic acids is 1. The number of methoxy groups -OCH3 is 1. The minimum atomic E-state index is 0.175. The van der Waals surface area contributed by atoms with Crippen LogP contribution in [0.1, 0.15) is 61.8 Å². The largest absolute Gasteiger partial charge is 0.496 e. The second-order valence-electron chi connectivity index (χ2n) is 10.4. The summed E-state index contributed by atoms with van der Waals surface area (Å²) in [5, 5.41) is 3.15. The molecule has 1 N–H and O–H groups in total. The number of hydrogen-bond donors (Lipinski definition) is 1. The second-order valence-corrected chi connectivity index (χ2v) is 10.4. The van der Waals surface area contributed by atoms with Crippen molar-refractivity contribution in [2.24, 2.45) is 5.92 Å². The topological polar surface area (TPSA) is 50.8 Å². The van der Waals surface area contributed by atoms with E-state index in [2.05, 4.69) is 60.5 Å². The lowest BCUT2D eigenvalue weighted by atomic mass is 9.85. The third-order valence-corrected chi connectivity index (χ3v) is 7.66. The first-order valence-electron chi connectivity index (χ1n) is 13.2. The third-order valence-electron chi connectivity index (χ3n) is 7.66. The standard InChI is InChI=1S/C30H38N2O3/c1-4-5-21-6-7-24(29(14-21)34-3)19-35-27-12-13-28-20(2)23(9-8-22(28)15-27)16-32-17-25(18-32)30(33)31-26-10-11-26/h6-7,12-15,25-26H,4-5,8-11,16-19H2,1-3H3,(H,31,33). The van der Waals surface area contributed by atoms with Crippen molar-refractivity contribution in [1.29, 1.82) is 0 Å². The maximum Gasteiger partial charge on any atom is 0.225 e. The van der Waals surface area contributed by atoms with Gasteiger partial charge in [-0.05, 0) is 79.5 Å². The zero-order valence-corrected chi connectivity index (χ0v) is 21.4. The molecular weight excluding hydrogens is 436 g/mol. The van der Waals surface area contributed by atoms with Crippen molar-refractivity contribution in [2.45, 2.75) is 65.0 Å². The molecule has 0 aromatic heterocycles. The molecule has 2 aliphatic carbocycles. The van der Waals surface area contributed by atoms with Gasteiger partial charge in [-0.3, -0.25) is 9.69 Å². The molecule has 0 atom stereocenters. The van der Waals surface area contributed by atoms with Crippen molar-refractivity contribution < 1.29 is 14.3 Å². The molecule has 0 spiro atoms. The van der Waals surface area contributed by atoms with Gasteiger partial charge in [0.25, 0.3) is 0 Å². The van der Waals surface area contributed by atoms with Crippen LogP contribution in [0, 0.1) is 5.92 Å². The van der Waals surface area contributed by atoms with Gasteiger partial charge in [0.05, 0.1) is 13.0 Å². The summed E-state index contributed by atoms with van der Waals surface area (Å²) >= 11 is 0. The average Bonchev–Trinajstić information content (AvgIpc) is 3.65. The molecule has 35 heavy (non-hydrogen) atoms. The molecule has 2 aromatic carbocycles. The number of rotatable bonds is 10. The lowest BCUT2D eigenvalue weighted by Crippen LogP contribution is -2.54. The molecule has 2 fully saturated rings. The van der Waals surface area contributed by atoms with E-state index in [4.69, 9.17) is 9.47 Å². The lowest BCUT2D eigenvalue weighted by molar-refractivity contribution is -0.130. The van der Waals surface area contributed by atoms with Gasteiger partial charge in [-0.15, -0.1) is 0 Å². The predicted octanol–water partition coefficient (Wildman–Crippen LogP) is 5.16. The van der Waals surface area contributed by atoms with E-state index in [1.165, 1.54) is 27.8 Å². The maximum atomic E-state index is 12.2. The van der Waals surface area contributed by atoms with Gasteiger partial charge in [-0.25, -0.2) is 0 Å². The van der Waals surface area contributed by atoms with Crippen LogP contribution >= 0.6 is 0 Å². The highest BCUT2D eigenvalue weighted by molar-refractivity contribution is 5.80. The molecule has 0 unspecified atom stereocenters. The number of amides is 1. The summed E-state index contributed by atoms with van der Waals surface area (Å²) in [6.45, 7) is 7.68. The van der Waals surface area contributed by atoms with E-state index in [-0.39, 0.29) is 11.8 Å². The highest BCUT2D eigenvalue weighted by Crippen LogP contribution is 2.35. The molecule has 5 rings (SSSR count). The third kappa shape index (κ3) is 5.56. The highest BCUT2D eigenvalue weighted by Gasteiger charge is 2.35. The van der Waals surface area contributed by atoms with Gasteiger partial charge >= 0.3 is 0 Å². The molecule has 0 bridgehead atoms. The van der Waals surface area contributed by atoms with E-state index in [0.29, 0.717) is 12.6 Å². The molecule has 1 saturated carbocycles. The first kappa shape index (κ1) is 23.9. The van der Waals surface area contributed by atoms with Gasteiger partial charge < -0.3 is 14.8 Å². The molecule has 2 aromatic rings. The van der Waals surface area contributed by atoms with Crippen LogP contribution in [0.25, 0.3) is 5.57 Å². The van der Waals surface area contributed by atoms with Crippen LogP contribution in [0.15, 0.2) is 42.0 Å². The number of hydrogen-bond acceptors (Lipinski definition) is 4. The normalized spacial score (nSPS) is 18.1. The molecule has 1 heterocycles. The smallest absolute Gasteiger partial charge is 0.225 e. The van der Waals surface area contributed by atoms with Crippen molar-refractivity contribution in [1.82, 2.24) is 10.2 Å². The number of benzene rings is 2. The van der Waals surface area contributed by atoms with Gasteiger partial charge in [-0.2, -0.15) is 0 Å². The molecule has 0 radical (unpaired) electrons. The predicted molar refractivity (Wildman–Crippen MR) is 140 cm³/mol. The Balaban J connectivity index is 1.18. The molecule has 186 valence electrons. The van der Waals surface area contributed by atoms with Crippen LogP contribution in [0.2, 0.25) is 0 Å². The number of ether oxygens (including phenoxy) is 2. The molecular formula is C30H38N2O3. The Morgan fingerprint density at radius 1 is 1.11 bits per heavy atom. The Labute approximate surface area is 209 Å². The Morgan fingerprint density at radius 2 is 1.94 bits per heavy atom. The quantitative estimate of drug-likeness (QED) is 0.517. The molecule has 1 aliphatic heterocycles. The summed E-state index contributed by atoms with van der Waals surface area (Å²) in [5.41, 5.74) is 7.96. The van der Waals surface area contributed by atoms with Gasteiger partial charge in [-0.1, -0.05) is 37.1 Å². The monoisotopic (exact) mass is 474 g/mol. The maximum absolute atomic E-state index is 12.2. The van der Waals surface area contributed by atoms with Gasteiger partial charge in [0.1, 0.15) is 18.1 Å². The Bertz CT molecular complexity index is 1110. The zero-order chi connectivity index (χ0) is 24.4. The van der Waals surface area contributed by atoms with Crippen molar-refractivity contribution >= 4 is 11.5 Å². The summed E-state index contributed by atoms with van der Waals surface area (Å²) in [4.78, 5) is 14.6. The molecule has 5 heteroatoms. The number of aryl methyl sites for hydroxylation is 2. The molecule has 1 saturated heterocycles. The Kier molecular flexibility index (Phi) is 7.14. The van der Waals surface area contributed by atoms with E-state index in [1.54, 1.807) is 7.11 Å². The molecule has 3 aliphatic rings. The SMILES string of the molecule is CCCc1ccc(COc2ccc3c(c2)CCC(CN2CC(C(=O)NC4CC4)C2)=C3C)c(OC)c1. The minimum Gasteiger partial charge on any atom is -0.496 e. The van der Waals surface area contributed by atoms with Crippen LogP contribution in [0.4, 0.5) is 0 Å². The summed E-state index contributed by atoms with van der Waals surface area (Å²) in [6, 6.07) is 13.4. The van der Waals surface area contributed by atoms with Crippen LogP contribution in [-0.4, -0.2) is 43.6 Å². The first-order valence-corrected chi connectivity index (χ1v) is 13.2. The minimum absolute atomic E-state index is 0.175. The van der Waals surface area contributed by atoms with Crippen molar-refractivity contribution in [3.8, 4) is 11.5 Å². The van der Waals surface area contributed by atoms with Crippen LogP contribution in [0.5, 0.6) is 11.5 Å². The highest BCUT2D eigenvalue weighted by atomic mass is 16.5. The Morgan fingerprint density at radius 3 is 2.69 bits per heavy atom. The molecule has 1 amide bonds. The van der Waals surface area contributed by atoms with E-state index < -0.39 is 0 Å². The van der Waals surface area contributed by atoms with E-state index in [1.807, 2.05) is 0 Å². The molecule has 5 nitrogen and oxygen atoms in total. The number of fused-ring (bicyclic) bond motifs is 1. The van der Waals surface area contributed by atoms with Crippen LogP contribution < -0.4 is 14.8 Å². The zero-order valence-electron chi connectivity index (χ0n) is 21.4. The van der Waals surface area contributed by atoms with Gasteiger partial charge in [0.2, 0.25) is 5.91 Å². The van der Waals surface area contributed by atoms with E-state index in [9.17, 15) is 4.79 Å². The number of nitrogens with zero attached hydrogens (tertiary/aromatic N) is 1. The Hall–Kier alpha value is -2.79. The van der Waals surface area contributed by atoms with E-state index >= 15 is 0 Å². The van der Waals surface area contributed by atoms with Gasteiger partial charge in [0.15, 0.2) is 0 Å². The number of likely N-dealkylation sites (tertiary alicyclic amines) is 1. The fraction of sp³-hybridized carbons (Fsp3) is 0.500. The van der Waals surface area contributed by atoms with Crippen molar-refractivity contribution in [3.63, 3.8) is 0 Å². The fourth-order valence-electron chi connectivity index (χ4n) is 5.29. The number of nitrogens with one attached hydrogen (secondary N) is 1. The average molecular weight is 475 g/mol. The summed E-state index contributed by atoms with van der Waals surface area (Å²) in [7, 11) is 1.73. The number of carbonyl (C=O) groups is 1. The second kappa shape index (κ2) is 10.4. The first-order chi connectivity index (χ1) is 17.0.